The minimum atomic E-state index is -4.54. The third-order valence-corrected chi connectivity index (χ3v) is 1.90. The minimum absolute atomic E-state index is 0.121. The van der Waals surface area contributed by atoms with Crippen LogP contribution in [0.5, 0.6) is 0 Å². The minimum Gasteiger partial charge on any atom is -0.460 e. The second kappa shape index (κ2) is 3.62. The van der Waals surface area contributed by atoms with Crippen molar-refractivity contribution in [1.82, 2.24) is 9.97 Å². The molecule has 2 aromatic heterocycles. The second-order valence-electron chi connectivity index (χ2n) is 3.17. The van der Waals surface area contributed by atoms with E-state index in [0.29, 0.717) is 11.5 Å². The lowest BCUT2D eigenvalue weighted by molar-refractivity contribution is -0.144. The van der Waals surface area contributed by atoms with Gasteiger partial charge in [-0.25, -0.2) is 9.97 Å². The summed E-state index contributed by atoms with van der Waals surface area (Å²) in [7, 11) is 0. The summed E-state index contributed by atoms with van der Waals surface area (Å²) in [5.74, 6) is -0.258. The van der Waals surface area contributed by atoms with Crippen LogP contribution in [0, 0.1) is 6.92 Å². The fourth-order valence-electron chi connectivity index (χ4n) is 1.20. The van der Waals surface area contributed by atoms with Gasteiger partial charge in [-0.15, -0.1) is 0 Å². The number of aryl methyl sites for hydroxylation is 1. The largest absolute Gasteiger partial charge is 0.460 e. The molecule has 0 N–H and O–H groups in total. The Balaban J connectivity index is 2.44. The van der Waals surface area contributed by atoms with Crippen LogP contribution < -0.4 is 0 Å². The number of rotatable bonds is 1. The summed E-state index contributed by atoms with van der Waals surface area (Å²) in [5, 5.41) is 0. The van der Waals surface area contributed by atoms with Crippen LogP contribution in [0.15, 0.2) is 28.8 Å². The van der Waals surface area contributed by atoms with Crippen molar-refractivity contribution >= 4 is 0 Å². The fraction of sp³-hybridized carbons (Fsp3) is 0.200. The van der Waals surface area contributed by atoms with Gasteiger partial charge in [0.25, 0.3) is 0 Å². The van der Waals surface area contributed by atoms with E-state index in [0.717, 1.165) is 6.20 Å². The zero-order valence-corrected chi connectivity index (χ0v) is 8.25. The Bertz CT molecular complexity index is 505. The number of hydrogen-bond acceptors (Lipinski definition) is 3. The zero-order chi connectivity index (χ0) is 11.8. The van der Waals surface area contributed by atoms with Crippen LogP contribution in [0.3, 0.4) is 0 Å². The van der Waals surface area contributed by atoms with E-state index in [-0.39, 0.29) is 5.69 Å². The molecule has 0 aliphatic heterocycles. The lowest BCUT2D eigenvalue weighted by Crippen LogP contribution is -2.10. The van der Waals surface area contributed by atoms with Gasteiger partial charge in [0.2, 0.25) is 5.82 Å². The maximum absolute atomic E-state index is 12.3. The maximum Gasteiger partial charge on any atom is 0.451 e. The van der Waals surface area contributed by atoms with Gasteiger partial charge in [-0.3, -0.25) is 0 Å². The smallest absolute Gasteiger partial charge is 0.451 e. The Morgan fingerprint density at radius 3 is 2.50 bits per heavy atom. The zero-order valence-electron chi connectivity index (χ0n) is 8.25. The molecule has 0 saturated carbocycles. The Morgan fingerprint density at radius 1 is 1.19 bits per heavy atom. The monoisotopic (exact) mass is 228 g/mol. The van der Waals surface area contributed by atoms with E-state index < -0.39 is 12.0 Å². The number of nitrogens with zero attached hydrogens (tertiary/aromatic N) is 2. The van der Waals surface area contributed by atoms with E-state index in [9.17, 15) is 13.2 Å². The summed E-state index contributed by atoms with van der Waals surface area (Å²) < 4.78 is 42.2. The molecule has 2 aromatic rings. The molecule has 0 aliphatic rings. The van der Waals surface area contributed by atoms with Gasteiger partial charge in [0.1, 0.15) is 11.5 Å². The van der Waals surface area contributed by atoms with Crippen molar-refractivity contribution in [3.8, 4) is 11.5 Å². The van der Waals surface area contributed by atoms with Crippen LogP contribution in [-0.4, -0.2) is 9.97 Å². The fourth-order valence-corrected chi connectivity index (χ4v) is 1.20. The number of aromatic nitrogens is 2. The summed E-state index contributed by atoms with van der Waals surface area (Å²) in [6.07, 6.45) is -3.49. The molecule has 84 valence electrons. The third-order valence-electron chi connectivity index (χ3n) is 1.90. The normalized spacial score (nSPS) is 11.8. The molecule has 0 bridgehead atoms. The van der Waals surface area contributed by atoms with Crippen molar-refractivity contribution in [2.24, 2.45) is 0 Å². The molecule has 0 amide bonds. The van der Waals surface area contributed by atoms with Crippen LogP contribution in [0.4, 0.5) is 13.2 Å². The second-order valence-corrected chi connectivity index (χ2v) is 3.17. The van der Waals surface area contributed by atoms with Crippen molar-refractivity contribution in [3.63, 3.8) is 0 Å². The van der Waals surface area contributed by atoms with Crippen molar-refractivity contribution < 1.29 is 17.6 Å². The number of alkyl halides is 3. The average molecular weight is 228 g/mol. The topological polar surface area (TPSA) is 38.9 Å². The van der Waals surface area contributed by atoms with Crippen LogP contribution in [0.2, 0.25) is 0 Å². The highest BCUT2D eigenvalue weighted by atomic mass is 19.4. The number of furan rings is 1. The van der Waals surface area contributed by atoms with Gasteiger partial charge >= 0.3 is 6.18 Å². The first kappa shape index (κ1) is 10.7. The molecule has 0 spiro atoms. The molecule has 0 radical (unpaired) electrons. The first-order valence-corrected chi connectivity index (χ1v) is 4.44. The maximum atomic E-state index is 12.3. The lowest BCUT2D eigenvalue weighted by atomic mass is 10.3. The van der Waals surface area contributed by atoms with Gasteiger partial charge < -0.3 is 4.42 Å². The summed E-state index contributed by atoms with van der Waals surface area (Å²) in [5.41, 5.74) is 0.121. The van der Waals surface area contributed by atoms with Gasteiger partial charge in [-0.2, -0.15) is 13.2 Å². The number of hydrogen-bond donors (Lipinski definition) is 0. The van der Waals surface area contributed by atoms with Crippen molar-refractivity contribution in [2.45, 2.75) is 13.1 Å². The van der Waals surface area contributed by atoms with Crippen LogP contribution >= 0.6 is 0 Å². The molecule has 0 aliphatic carbocycles. The highest BCUT2D eigenvalue weighted by Crippen LogP contribution is 2.28. The molecule has 2 rings (SSSR count). The Hall–Kier alpha value is -1.85. The molecule has 0 aromatic carbocycles. The van der Waals surface area contributed by atoms with Crippen LogP contribution in [-0.2, 0) is 6.18 Å². The van der Waals surface area contributed by atoms with E-state index in [4.69, 9.17) is 4.42 Å². The Labute approximate surface area is 88.9 Å². The molecule has 0 saturated heterocycles. The molecule has 0 atom stereocenters. The summed E-state index contributed by atoms with van der Waals surface area (Å²) in [4.78, 5) is 6.56. The molecule has 2 heterocycles. The van der Waals surface area contributed by atoms with Crippen LogP contribution in [0.25, 0.3) is 11.5 Å². The molecule has 3 nitrogen and oxygen atoms in total. The first-order chi connectivity index (χ1) is 7.47. The standard InChI is InChI=1S/C10H7F3N2O/c1-6-2-3-8(16-6)7-4-5-14-9(15-7)10(11,12)13/h2-5H,1H3. The van der Waals surface area contributed by atoms with E-state index >= 15 is 0 Å². The highest BCUT2D eigenvalue weighted by Gasteiger charge is 2.34. The van der Waals surface area contributed by atoms with Crippen molar-refractivity contribution in [2.75, 3.05) is 0 Å². The molecule has 0 unspecified atom stereocenters. The van der Waals surface area contributed by atoms with Gasteiger partial charge in [-0.05, 0) is 25.1 Å². The van der Waals surface area contributed by atoms with E-state index in [1.54, 1.807) is 19.1 Å². The highest BCUT2D eigenvalue weighted by molar-refractivity contribution is 5.51. The third kappa shape index (κ3) is 2.05. The Kier molecular flexibility index (Phi) is 2.41. The lowest BCUT2D eigenvalue weighted by Gasteiger charge is -2.04. The van der Waals surface area contributed by atoms with Gasteiger partial charge in [-0.1, -0.05) is 0 Å². The molecular formula is C10H7F3N2O. The average Bonchev–Trinajstić information content (AvgIpc) is 2.64. The molecular weight excluding hydrogens is 221 g/mol. The van der Waals surface area contributed by atoms with E-state index in [2.05, 4.69) is 9.97 Å². The first-order valence-electron chi connectivity index (χ1n) is 4.44. The quantitative estimate of drug-likeness (QED) is 0.752. The predicted octanol–water partition coefficient (Wildman–Crippen LogP) is 3.06. The summed E-state index contributed by atoms with van der Waals surface area (Å²) in [6.45, 7) is 1.70. The van der Waals surface area contributed by atoms with Gasteiger partial charge in [0.05, 0.1) is 0 Å². The predicted molar refractivity (Wildman–Crippen MR) is 49.5 cm³/mol. The summed E-state index contributed by atoms with van der Waals surface area (Å²) in [6, 6.07) is 4.59. The SMILES string of the molecule is Cc1ccc(-c2ccnc(C(F)(F)F)n2)o1. The van der Waals surface area contributed by atoms with E-state index in [1.165, 1.54) is 6.07 Å². The van der Waals surface area contributed by atoms with Crippen molar-refractivity contribution in [3.05, 3.63) is 36.0 Å². The molecule has 6 heteroatoms. The number of halogens is 3. The summed E-state index contributed by atoms with van der Waals surface area (Å²) >= 11 is 0. The van der Waals surface area contributed by atoms with Crippen LogP contribution in [0.1, 0.15) is 11.6 Å². The molecule has 16 heavy (non-hydrogen) atoms. The van der Waals surface area contributed by atoms with E-state index in [1.807, 2.05) is 0 Å². The van der Waals surface area contributed by atoms with Crippen molar-refractivity contribution in [1.29, 1.82) is 0 Å². The molecule has 0 fully saturated rings. The van der Waals surface area contributed by atoms with Gasteiger partial charge in [0, 0.05) is 6.20 Å². The Morgan fingerprint density at radius 2 is 1.94 bits per heavy atom. The van der Waals surface area contributed by atoms with Gasteiger partial charge in [0.15, 0.2) is 5.76 Å².